The first-order valence-corrected chi connectivity index (χ1v) is 12.2. The molecular weight excluding hydrogens is 522 g/mol. The molecule has 0 atom stereocenters. The predicted molar refractivity (Wildman–Crippen MR) is 147 cm³/mol. The Labute approximate surface area is 227 Å². The number of halogens is 1. The number of imide groups is 2. The van der Waals surface area contributed by atoms with Gasteiger partial charge in [-0.15, -0.1) is 0 Å². The van der Waals surface area contributed by atoms with Crippen LogP contribution in [0, 0.1) is 17.0 Å². The number of nitrogens with one attached hydrogen (secondary N) is 1. The lowest BCUT2D eigenvalue weighted by Gasteiger charge is -2.26. The molecule has 0 unspecified atom stereocenters. The number of urea groups is 1. The number of hydrogen-bond acceptors (Lipinski definition) is 6. The summed E-state index contributed by atoms with van der Waals surface area (Å²) < 4.78 is 6.15. The minimum atomic E-state index is -1.02. The van der Waals surface area contributed by atoms with Crippen LogP contribution in [0.5, 0.6) is 5.75 Å². The zero-order valence-electron chi connectivity index (χ0n) is 20.5. The van der Waals surface area contributed by atoms with E-state index in [-0.39, 0.29) is 23.6 Å². The Bertz CT molecular complexity index is 1710. The van der Waals surface area contributed by atoms with Crippen molar-refractivity contribution in [3.8, 4) is 5.75 Å². The van der Waals surface area contributed by atoms with Crippen LogP contribution in [0.3, 0.4) is 0 Å². The van der Waals surface area contributed by atoms with Gasteiger partial charge in [0.05, 0.1) is 10.6 Å². The van der Waals surface area contributed by atoms with Crippen molar-refractivity contribution in [3.63, 3.8) is 0 Å². The van der Waals surface area contributed by atoms with E-state index in [0.29, 0.717) is 21.2 Å². The van der Waals surface area contributed by atoms with Gasteiger partial charge in [0.25, 0.3) is 17.5 Å². The molecule has 1 N–H and O–H groups in total. The lowest BCUT2D eigenvalue weighted by atomic mass is 10.0. The number of fused-ring (bicyclic) bond motifs is 1. The van der Waals surface area contributed by atoms with Crippen molar-refractivity contribution >= 4 is 57.7 Å². The molecule has 1 fully saturated rings. The molecule has 194 valence electrons. The number of aryl methyl sites for hydroxylation is 1. The first-order valence-electron chi connectivity index (χ1n) is 11.8. The van der Waals surface area contributed by atoms with Gasteiger partial charge in [0.15, 0.2) is 0 Å². The van der Waals surface area contributed by atoms with E-state index in [4.69, 9.17) is 16.3 Å². The van der Waals surface area contributed by atoms with Crippen LogP contribution in [0.25, 0.3) is 16.8 Å². The lowest BCUT2D eigenvalue weighted by molar-refractivity contribution is -0.384. The maximum Gasteiger partial charge on any atom is 0.335 e. The Kier molecular flexibility index (Phi) is 6.83. The van der Waals surface area contributed by atoms with Gasteiger partial charge in [-0.3, -0.25) is 25.0 Å². The Balaban J connectivity index is 1.50. The first-order chi connectivity index (χ1) is 18.7. The van der Waals surface area contributed by atoms with E-state index < -0.39 is 22.8 Å². The van der Waals surface area contributed by atoms with Crippen LogP contribution in [-0.4, -0.2) is 22.8 Å². The fraction of sp³-hybridized carbons (Fsp3) is 0.0690. The van der Waals surface area contributed by atoms with Gasteiger partial charge >= 0.3 is 6.03 Å². The number of carbonyl (C=O) groups is 3. The number of nitrogens with zero attached hydrogens (tertiary/aromatic N) is 2. The average molecular weight is 542 g/mol. The molecule has 4 aromatic rings. The Hall–Kier alpha value is -5.02. The summed E-state index contributed by atoms with van der Waals surface area (Å²) in [6.07, 6.45) is 1.28. The molecule has 9 nitrogen and oxygen atoms in total. The number of benzene rings is 4. The summed E-state index contributed by atoms with van der Waals surface area (Å²) in [7, 11) is 0. The van der Waals surface area contributed by atoms with Gasteiger partial charge in [-0.05, 0) is 53.6 Å². The maximum atomic E-state index is 13.3. The zero-order chi connectivity index (χ0) is 27.7. The third kappa shape index (κ3) is 5.07. The van der Waals surface area contributed by atoms with Crippen molar-refractivity contribution in [2.45, 2.75) is 13.5 Å². The minimum Gasteiger partial charge on any atom is -0.488 e. The molecule has 0 spiro atoms. The van der Waals surface area contributed by atoms with Crippen LogP contribution >= 0.6 is 11.6 Å². The summed E-state index contributed by atoms with van der Waals surface area (Å²) >= 11 is 6.22. The number of rotatable bonds is 6. The van der Waals surface area contributed by atoms with E-state index in [2.05, 4.69) is 5.32 Å². The molecule has 1 heterocycles. The number of anilines is 1. The Morgan fingerprint density at radius 3 is 2.59 bits per heavy atom. The molecule has 5 rings (SSSR count). The van der Waals surface area contributed by atoms with Crippen molar-refractivity contribution in [2.75, 3.05) is 4.90 Å². The van der Waals surface area contributed by atoms with Gasteiger partial charge in [-0.25, -0.2) is 9.69 Å². The molecule has 0 saturated carbocycles. The van der Waals surface area contributed by atoms with Crippen LogP contribution in [0.15, 0.2) is 84.4 Å². The monoisotopic (exact) mass is 541 g/mol. The molecule has 0 bridgehead atoms. The minimum absolute atomic E-state index is 0.0564. The lowest BCUT2D eigenvalue weighted by Crippen LogP contribution is -2.54. The summed E-state index contributed by atoms with van der Waals surface area (Å²) in [6, 6.07) is 20.7. The molecule has 1 saturated heterocycles. The van der Waals surface area contributed by atoms with E-state index in [1.165, 1.54) is 30.3 Å². The highest BCUT2D eigenvalue weighted by molar-refractivity contribution is 6.39. The summed E-state index contributed by atoms with van der Waals surface area (Å²) in [5.41, 5.74) is 1.62. The summed E-state index contributed by atoms with van der Waals surface area (Å²) in [5, 5.41) is 15.8. The van der Waals surface area contributed by atoms with Gasteiger partial charge in [-0.2, -0.15) is 0 Å². The van der Waals surface area contributed by atoms with E-state index in [9.17, 15) is 24.5 Å². The van der Waals surface area contributed by atoms with E-state index >= 15 is 0 Å². The van der Waals surface area contributed by atoms with Crippen molar-refractivity contribution in [3.05, 3.63) is 116 Å². The van der Waals surface area contributed by atoms with Crippen LogP contribution in [0.4, 0.5) is 16.2 Å². The number of nitro benzene ring substituents is 1. The highest BCUT2D eigenvalue weighted by atomic mass is 35.5. The molecular formula is C29H20ClN3O6. The second-order valence-electron chi connectivity index (χ2n) is 8.79. The third-order valence-electron chi connectivity index (χ3n) is 6.32. The van der Waals surface area contributed by atoms with Crippen LogP contribution in [0.2, 0.25) is 5.02 Å². The molecule has 0 aliphatic carbocycles. The number of non-ortho nitro benzene ring substituents is 1. The SMILES string of the molecule is Cc1ccc2ccccc2c1COc1ccc(Cl)cc1/C=C1\C(=O)NC(=O)N(c2cccc([N+](=O)[O-])c2)C1=O. The maximum absolute atomic E-state index is 13.3. The number of ether oxygens (including phenoxy) is 1. The van der Waals surface area contributed by atoms with Crippen molar-refractivity contribution in [1.82, 2.24) is 5.32 Å². The van der Waals surface area contributed by atoms with E-state index in [0.717, 1.165) is 28.0 Å². The van der Waals surface area contributed by atoms with Crippen molar-refractivity contribution in [2.24, 2.45) is 0 Å². The van der Waals surface area contributed by atoms with Crippen molar-refractivity contribution in [1.29, 1.82) is 0 Å². The zero-order valence-corrected chi connectivity index (χ0v) is 21.3. The highest BCUT2D eigenvalue weighted by Crippen LogP contribution is 2.31. The Morgan fingerprint density at radius 1 is 1.00 bits per heavy atom. The van der Waals surface area contributed by atoms with Gasteiger partial charge in [0, 0.05) is 28.3 Å². The fourth-order valence-electron chi connectivity index (χ4n) is 4.34. The fourth-order valence-corrected chi connectivity index (χ4v) is 4.52. The number of amides is 4. The molecule has 4 aromatic carbocycles. The molecule has 1 aliphatic rings. The highest BCUT2D eigenvalue weighted by Gasteiger charge is 2.37. The normalized spacial score (nSPS) is 14.6. The standard InChI is InChI=1S/C29H20ClN3O6/c1-17-9-10-18-5-2-3-8-23(18)25(17)16-39-26-12-11-20(30)13-19(26)14-24-27(34)31-29(36)32(28(24)35)21-6-4-7-22(15-21)33(37)38/h2-15H,16H2,1H3,(H,31,34,36)/b24-14+. The topological polar surface area (TPSA) is 119 Å². The van der Waals surface area contributed by atoms with Gasteiger partial charge in [-0.1, -0.05) is 54.1 Å². The molecule has 10 heteroatoms. The van der Waals surface area contributed by atoms with Gasteiger partial charge in [0.1, 0.15) is 17.9 Å². The average Bonchev–Trinajstić information content (AvgIpc) is 2.91. The van der Waals surface area contributed by atoms with Gasteiger partial charge < -0.3 is 4.74 Å². The van der Waals surface area contributed by atoms with Crippen LogP contribution in [-0.2, 0) is 16.2 Å². The molecule has 39 heavy (non-hydrogen) atoms. The number of hydrogen-bond donors (Lipinski definition) is 1. The third-order valence-corrected chi connectivity index (χ3v) is 6.55. The number of nitro groups is 1. The second kappa shape index (κ2) is 10.4. The summed E-state index contributed by atoms with van der Waals surface area (Å²) in [5.74, 6) is -1.50. The first kappa shape index (κ1) is 25.6. The largest absolute Gasteiger partial charge is 0.488 e. The smallest absolute Gasteiger partial charge is 0.335 e. The molecule has 4 amide bonds. The number of carbonyl (C=O) groups excluding carboxylic acids is 3. The summed E-state index contributed by atoms with van der Waals surface area (Å²) in [4.78, 5) is 49.8. The Morgan fingerprint density at radius 2 is 1.79 bits per heavy atom. The summed E-state index contributed by atoms with van der Waals surface area (Å²) in [6.45, 7) is 2.20. The van der Waals surface area contributed by atoms with E-state index in [1.807, 2.05) is 43.3 Å². The molecule has 1 aliphatic heterocycles. The predicted octanol–water partition coefficient (Wildman–Crippen LogP) is 5.96. The van der Waals surface area contributed by atoms with E-state index in [1.54, 1.807) is 12.1 Å². The molecule has 0 aromatic heterocycles. The quantitative estimate of drug-likeness (QED) is 0.139. The molecule has 0 radical (unpaired) electrons. The van der Waals surface area contributed by atoms with Crippen molar-refractivity contribution < 1.29 is 24.0 Å². The number of barbiturate groups is 1. The van der Waals surface area contributed by atoms with Crippen LogP contribution < -0.4 is 15.0 Å². The second-order valence-corrected chi connectivity index (χ2v) is 9.22. The van der Waals surface area contributed by atoms with Crippen LogP contribution in [0.1, 0.15) is 16.7 Å². The van der Waals surface area contributed by atoms with Gasteiger partial charge in [0.2, 0.25) is 0 Å².